The van der Waals surface area contributed by atoms with Crippen molar-refractivity contribution in [1.82, 2.24) is 0 Å². The summed E-state index contributed by atoms with van der Waals surface area (Å²) in [5.74, 6) is -7.96. The molecule has 1 aromatic carbocycles. The SMILES string of the molecule is O=CCOc1cc(F)c(F)c(F)c1F. The van der Waals surface area contributed by atoms with Crippen LogP contribution >= 0.6 is 0 Å². The van der Waals surface area contributed by atoms with E-state index in [1.165, 1.54) is 0 Å². The van der Waals surface area contributed by atoms with E-state index >= 15 is 0 Å². The van der Waals surface area contributed by atoms with Gasteiger partial charge in [0.05, 0.1) is 0 Å². The average molecular weight is 208 g/mol. The van der Waals surface area contributed by atoms with Crippen molar-refractivity contribution >= 4 is 6.29 Å². The van der Waals surface area contributed by atoms with Crippen molar-refractivity contribution in [3.8, 4) is 5.75 Å². The zero-order valence-corrected chi connectivity index (χ0v) is 6.69. The van der Waals surface area contributed by atoms with E-state index in [4.69, 9.17) is 0 Å². The molecule has 0 saturated carbocycles. The maximum Gasteiger partial charge on any atom is 0.203 e. The van der Waals surface area contributed by atoms with Gasteiger partial charge in [0.1, 0.15) is 6.61 Å². The molecule has 0 aliphatic heterocycles. The number of benzene rings is 1. The first-order valence-corrected chi connectivity index (χ1v) is 3.47. The van der Waals surface area contributed by atoms with Gasteiger partial charge >= 0.3 is 0 Å². The van der Waals surface area contributed by atoms with Crippen molar-refractivity contribution in [2.75, 3.05) is 6.61 Å². The highest BCUT2D eigenvalue weighted by Crippen LogP contribution is 2.24. The Kier molecular flexibility index (Phi) is 3.06. The Bertz CT molecular complexity index is 365. The maximum absolute atomic E-state index is 12.7. The Morgan fingerprint density at radius 1 is 1.14 bits per heavy atom. The lowest BCUT2D eigenvalue weighted by Crippen LogP contribution is -2.04. The third-order valence-corrected chi connectivity index (χ3v) is 1.38. The van der Waals surface area contributed by atoms with Crippen molar-refractivity contribution in [2.24, 2.45) is 0 Å². The normalized spacial score (nSPS) is 10.0. The van der Waals surface area contributed by atoms with E-state index in [0.717, 1.165) is 0 Å². The second kappa shape index (κ2) is 4.08. The van der Waals surface area contributed by atoms with Gasteiger partial charge in [-0.3, -0.25) is 4.79 Å². The maximum atomic E-state index is 12.7. The average Bonchev–Trinajstić information content (AvgIpc) is 2.18. The van der Waals surface area contributed by atoms with Crippen molar-refractivity contribution in [3.63, 3.8) is 0 Å². The number of rotatable bonds is 3. The molecule has 0 radical (unpaired) electrons. The second-order valence-corrected chi connectivity index (χ2v) is 2.28. The Labute approximate surface area is 76.1 Å². The second-order valence-electron chi connectivity index (χ2n) is 2.28. The first kappa shape index (κ1) is 10.5. The van der Waals surface area contributed by atoms with Crippen LogP contribution in [0, 0.1) is 23.3 Å². The summed E-state index contributed by atoms with van der Waals surface area (Å²) in [4.78, 5) is 9.82. The molecule has 0 N–H and O–H groups in total. The van der Waals surface area contributed by atoms with Gasteiger partial charge in [0, 0.05) is 6.07 Å². The number of carbonyl (C=O) groups excluding carboxylic acids is 1. The summed E-state index contributed by atoms with van der Waals surface area (Å²) in [7, 11) is 0. The van der Waals surface area contributed by atoms with Gasteiger partial charge in [-0.05, 0) is 0 Å². The topological polar surface area (TPSA) is 26.3 Å². The lowest BCUT2D eigenvalue weighted by atomic mass is 10.3. The predicted octanol–water partition coefficient (Wildman–Crippen LogP) is 1.82. The molecule has 0 aliphatic carbocycles. The minimum absolute atomic E-state index is 0.263. The number of halogens is 4. The van der Waals surface area contributed by atoms with Crippen LogP contribution < -0.4 is 4.74 Å². The Balaban J connectivity index is 3.12. The van der Waals surface area contributed by atoms with Crippen LogP contribution in [0.2, 0.25) is 0 Å². The van der Waals surface area contributed by atoms with Gasteiger partial charge < -0.3 is 4.74 Å². The fourth-order valence-corrected chi connectivity index (χ4v) is 0.780. The van der Waals surface area contributed by atoms with Crippen LogP contribution in [-0.4, -0.2) is 12.9 Å². The summed E-state index contributed by atoms with van der Waals surface area (Å²) in [6, 6.07) is 0.331. The largest absolute Gasteiger partial charge is 0.483 e. The first-order valence-electron chi connectivity index (χ1n) is 3.47. The van der Waals surface area contributed by atoms with Crippen molar-refractivity contribution in [1.29, 1.82) is 0 Å². The van der Waals surface area contributed by atoms with Gasteiger partial charge in [-0.1, -0.05) is 0 Å². The molecule has 0 unspecified atom stereocenters. The molecule has 0 fully saturated rings. The Hall–Kier alpha value is -1.59. The summed E-state index contributed by atoms with van der Waals surface area (Å²) < 4.78 is 54.5. The Morgan fingerprint density at radius 3 is 2.36 bits per heavy atom. The minimum Gasteiger partial charge on any atom is -0.483 e. The molecular formula is C8H4F4O2. The molecule has 76 valence electrons. The van der Waals surface area contributed by atoms with Gasteiger partial charge in [-0.15, -0.1) is 0 Å². The summed E-state index contributed by atoms with van der Waals surface area (Å²) in [6.07, 6.45) is 0.263. The zero-order chi connectivity index (χ0) is 10.7. The zero-order valence-electron chi connectivity index (χ0n) is 6.69. The monoisotopic (exact) mass is 208 g/mol. The van der Waals surface area contributed by atoms with Crippen LogP contribution in [0.4, 0.5) is 17.6 Å². The van der Waals surface area contributed by atoms with Crippen LogP contribution in [-0.2, 0) is 4.79 Å². The highest BCUT2D eigenvalue weighted by atomic mass is 19.2. The van der Waals surface area contributed by atoms with Crippen LogP contribution in [0.1, 0.15) is 0 Å². The molecule has 0 aliphatic rings. The fourth-order valence-electron chi connectivity index (χ4n) is 0.780. The van der Waals surface area contributed by atoms with Gasteiger partial charge in [0.15, 0.2) is 23.7 Å². The number of ether oxygens (including phenoxy) is 1. The quantitative estimate of drug-likeness (QED) is 0.328. The molecule has 1 aromatic rings. The molecular weight excluding hydrogens is 204 g/mol. The summed E-state index contributed by atoms with van der Waals surface area (Å²) in [5, 5.41) is 0. The van der Waals surface area contributed by atoms with Crippen molar-refractivity contribution < 1.29 is 27.1 Å². The summed E-state index contributed by atoms with van der Waals surface area (Å²) >= 11 is 0. The molecule has 0 amide bonds. The van der Waals surface area contributed by atoms with Gasteiger partial charge in [-0.2, -0.15) is 4.39 Å². The van der Waals surface area contributed by atoms with E-state index in [2.05, 4.69) is 4.74 Å². The van der Waals surface area contributed by atoms with Crippen molar-refractivity contribution in [2.45, 2.75) is 0 Å². The smallest absolute Gasteiger partial charge is 0.203 e. The molecule has 0 aromatic heterocycles. The molecule has 1 rings (SSSR count). The summed E-state index contributed by atoms with van der Waals surface area (Å²) in [5.41, 5.74) is 0. The van der Waals surface area contributed by atoms with Gasteiger partial charge in [-0.25, -0.2) is 13.2 Å². The van der Waals surface area contributed by atoms with E-state index < -0.39 is 35.6 Å². The third-order valence-electron chi connectivity index (χ3n) is 1.38. The van der Waals surface area contributed by atoms with Gasteiger partial charge in [0.2, 0.25) is 11.6 Å². The highest BCUT2D eigenvalue weighted by molar-refractivity contribution is 5.51. The molecule has 0 saturated heterocycles. The van der Waals surface area contributed by atoms with Crippen LogP contribution in [0.5, 0.6) is 5.75 Å². The predicted molar refractivity (Wildman–Crippen MR) is 37.8 cm³/mol. The van der Waals surface area contributed by atoms with Crippen LogP contribution in [0.3, 0.4) is 0 Å². The standard InChI is InChI=1S/C8H4F4O2/c9-4-3-5(14-2-1-13)7(11)8(12)6(4)10/h1,3H,2H2. The van der Waals surface area contributed by atoms with E-state index in [1.54, 1.807) is 0 Å². The van der Waals surface area contributed by atoms with Crippen molar-refractivity contribution in [3.05, 3.63) is 29.3 Å². The number of aldehydes is 1. The lowest BCUT2D eigenvalue weighted by Gasteiger charge is -2.05. The molecule has 0 atom stereocenters. The van der Waals surface area contributed by atoms with E-state index in [-0.39, 0.29) is 6.29 Å². The molecule has 2 nitrogen and oxygen atoms in total. The van der Waals surface area contributed by atoms with E-state index in [1.807, 2.05) is 0 Å². The van der Waals surface area contributed by atoms with E-state index in [9.17, 15) is 22.4 Å². The lowest BCUT2D eigenvalue weighted by molar-refractivity contribution is -0.109. The first-order chi connectivity index (χ1) is 6.57. The van der Waals surface area contributed by atoms with Crippen LogP contribution in [0.15, 0.2) is 6.07 Å². The highest BCUT2D eigenvalue weighted by Gasteiger charge is 2.19. The number of carbonyl (C=O) groups is 1. The molecule has 14 heavy (non-hydrogen) atoms. The molecule has 0 heterocycles. The summed E-state index contributed by atoms with van der Waals surface area (Å²) in [6.45, 7) is -0.568. The minimum atomic E-state index is -1.97. The molecule has 0 bridgehead atoms. The number of hydrogen-bond donors (Lipinski definition) is 0. The van der Waals surface area contributed by atoms with E-state index in [0.29, 0.717) is 6.07 Å². The molecule has 6 heteroatoms. The third kappa shape index (κ3) is 1.84. The van der Waals surface area contributed by atoms with Gasteiger partial charge in [0.25, 0.3) is 0 Å². The van der Waals surface area contributed by atoms with Crippen LogP contribution in [0.25, 0.3) is 0 Å². The molecule has 0 spiro atoms. The number of hydrogen-bond acceptors (Lipinski definition) is 2. The Morgan fingerprint density at radius 2 is 1.79 bits per heavy atom. The fraction of sp³-hybridized carbons (Fsp3) is 0.125.